The Kier molecular flexibility index (Phi) is 9.78. The molecule has 0 radical (unpaired) electrons. The normalized spacial score (nSPS) is 14.4. The first-order valence-corrected chi connectivity index (χ1v) is 13.9. The lowest BCUT2D eigenvalue weighted by Gasteiger charge is -2.21. The van der Waals surface area contributed by atoms with Crippen LogP contribution in [0, 0.1) is 5.82 Å². The van der Waals surface area contributed by atoms with Crippen molar-refractivity contribution in [2.45, 2.75) is 31.8 Å². The quantitative estimate of drug-likeness (QED) is 0.114. The zero-order valence-electron chi connectivity index (χ0n) is 20.2. The van der Waals surface area contributed by atoms with Crippen molar-refractivity contribution < 1.29 is 50.6 Å². The Bertz CT molecular complexity index is 1440. The molecule has 1 amide bonds. The number of carbonyl (C=O) groups is 2. The first-order valence-electron chi connectivity index (χ1n) is 11.0. The molecule has 0 bridgehead atoms. The standard InChI is InChI=1S/C24H21ClF4NO7PS/c1-13(2)37-23(32)35-12-36-38(33,34)21(19-11-39-20-4-3-16(25)10-18(19)20)22(31)30-6-5-14-7-15(24(27,28)29)9-17(26)8-14/h3-11,13,21H,12H2,1-2H3,(H,30,31)(H,33,34). The molecule has 2 aromatic carbocycles. The minimum Gasteiger partial charge on any atom is -0.432 e. The third-order valence-electron chi connectivity index (χ3n) is 4.93. The van der Waals surface area contributed by atoms with E-state index in [9.17, 15) is 36.6 Å². The van der Waals surface area contributed by atoms with Gasteiger partial charge >= 0.3 is 19.9 Å². The van der Waals surface area contributed by atoms with Gasteiger partial charge in [-0.3, -0.25) is 13.9 Å². The van der Waals surface area contributed by atoms with Gasteiger partial charge in [-0.05, 0) is 78.2 Å². The number of amides is 1. The third-order valence-corrected chi connectivity index (χ3v) is 7.79. The van der Waals surface area contributed by atoms with Crippen LogP contribution in [-0.2, 0) is 29.5 Å². The van der Waals surface area contributed by atoms with Gasteiger partial charge in [0, 0.05) is 15.9 Å². The van der Waals surface area contributed by atoms with Crippen LogP contribution in [0.2, 0.25) is 5.02 Å². The van der Waals surface area contributed by atoms with Gasteiger partial charge in [0.25, 0.3) is 0 Å². The molecule has 0 saturated carbocycles. The van der Waals surface area contributed by atoms with Crippen LogP contribution in [0.3, 0.4) is 0 Å². The number of hydrogen-bond donors (Lipinski definition) is 2. The van der Waals surface area contributed by atoms with Crippen molar-refractivity contribution in [2.24, 2.45) is 0 Å². The number of benzene rings is 2. The molecule has 3 aromatic rings. The molecule has 1 aromatic heterocycles. The average Bonchev–Trinajstić information content (AvgIpc) is 3.20. The van der Waals surface area contributed by atoms with Gasteiger partial charge < -0.3 is 19.7 Å². The molecule has 15 heteroatoms. The van der Waals surface area contributed by atoms with E-state index in [4.69, 9.17) is 20.9 Å². The summed E-state index contributed by atoms with van der Waals surface area (Å²) in [6, 6.07) is 6.47. The van der Waals surface area contributed by atoms with Crippen molar-refractivity contribution in [1.82, 2.24) is 5.32 Å². The summed E-state index contributed by atoms with van der Waals surface area (Å²) in [5.41, 5.74) is -3.29. The van der Waals surface area contributed by atoms with Crippen LogP contribution in [0.15, 0.2) is 48.0 Å². The van der Waals surface area contributed by atoms with Crippen LogP contribution in [0.5, 0.6) is 0 Å². The lowest BCUT2D eigenvalue weighted by atomic mass is 10.1. The van der Waals surface area contributed by atoms with Crippen LogP contribution in [0.4, 0.5) is 22.4 Å². The third kappa shape index (κ3) is 8.26. The maximum atomic E-state index is 13.7. The average molecular weight is 610 g/mol. The fourth-order valence-electron chi connectivity index (χ4n) is 3.32. The number of nitrogens with one attached hydrogen (secondary N) is 1. The predicted octanol–water partition coefficient (Wildman–Crippen LogP) is 7.26. The molecule has 39 heavy (non-hydrogen) atoms. The van der Waals surface area contributed by atoms with Crippen LogP contribution in [0.1, 0.15) is 36.2 Å². The smallest absolute Gasteiger partial charge is 0.432 e. The molecule has 210 valence electrons. The van der Waals surface area contributed by atoms with Crippen molar-refractivity contribution in [3.05, 3.63) is 75.5 Å². The molecule has 0 saturated heterocycles. The zero-order valence-corrected chi connectivity index (χ0v) is 22.7. The lowest BCUT2D eigenvalue weighted by molar-refractivity contribution is -0.137. The number of halogens is 5. The van der Waals surface area contributed by atoms with E-state index in [1.807, 2.05) is 0 Å². The van der Waals surface area contributed by atoms with Crippen LogP contribution >= 0.6 is 30.5 Å². The maximum Gasteiger partial charge on any atom is 0.510 e. The number of alkyl halides is 3. The molecular formula is C24H21ClF4NO7PS. The van der Waals surface area contributed by atoms with Crippen molar-refractivity contribution in [3.8, 4) is 0 Å². The summed E-state index contributed by atoms with van der Waals surface area (Å²) in [5.74, 6) is -2.24. The number of fused-ring (bicyclic) bond motifs is 1. The molecule has 0 fully saturated rings. The van der Waals surface area contributed by atoms with Gasteiger partial charge in [0.1, 0.15) is 5.82 Å². The lowest BCUT2D eigenvalue weighted by Crippen LogP contribution is -2.26. The van der Waals surface area contributed by atoms with Gasteiger partial charge in [0.15, 0.2) is 5.66 Å². The Morgan fingerprint density at radius 1 is 1.21 bits per heavy atom. The van der Waals surface area contributed by atoms with E-state index < -0.39 is 55.8 Å². The summed E-state index contributed by atoms with van der Waals surface area (Å²) < 4.78 is 80.7. The highest BCUT2D eigenvalue weighted by atomic mass is 35.5. The van der Waals surface area contributed by atoms with E-state index in [1.165, 1.54) is 11.4 Å². The van der Waals surface area contributed by atoms with Crippen LogP contribution < -0.4 is 5.32 Å². The minimum atomic E-state index is -4.93. The summed E-state index contributed by atoms with van der Waals surface area (Å²) >= 11 is 7.21. The maximum absolute atomic E-state index is 13.7. The molecule has 0 aliphatic heterocycles. The van der Waals surface area contributed by atoms with Crippen molar-refractivity contribution in [1.29, 1.82) is 0 Å². The minimum absolute atomic E-state index is 0.0594. The Morgan fingerprint density at radius 2 is 1.92 bits per heavy atom. The first kappa shape index (κ1) is 30.6. The van der Waals surface area contributed by atoms with Gasteiger partial charge in [0.05, 0.1) is 11.7 Å². The SMILES string of the molecule is CC(C)OC(=O)OCOP(=O)(O)C(C(=O)NC=Cc1cc(F)cc(C(F)(F)F)c1)c1csc2ccc(Cl)cc12. The number of hydrogen-bond acceptors (Lipinski definition) is 7. The van der Waals surface area contributed by atoms with Crippen LogP contribution in [0.25, 0.3) is 16.2 Å². The Labute approximate surface area is 228 Å². The summed E-state index contributed by atoms with van der Waals surface area (Å²) in [7, 11) is -4.93. The van der Waals surface area contributed by atoms with Crippen molar-refractivity contribution >= 4 is 58.8 Å². The summed E-state index contributed by atoms with van der Waals surface area (Å²) in [4.78, 5) is 35.5. The summed E-state index contributed by atoms with van der Waals surface area (Å²) in [5, 5.41) is 4.30. The second-order valence-electron chi connectivity index (χ2n) is 8.22. The molecule has 2 unspecified atom stereocenters. The molecule has 3 rings (SSSR count). The fourth-order valence-corrected chi connectivity index (χ4v) is 5.85. The Balaban J connectivity index is 1.88. The number of rotatable bonds is 9. The first-order chi connectivity index (χ1) is 18.2. The van der Waals surface area contributed by atoms with Gasteiger partial charge in [-0.2, -0.15) is 13.2 Å². The molecular weight excluding hydrogens is 589 g/mol. The van der Waals surface area contributed by atoms with Crippen molar-refractivity contribution in [2.75, 3.05) is 6.79 Å². The second kappa shape index (κ2) is 12.5. The monoisotopic (exact) mass is 609 g/mol. The second-order valence-corrected chi connectivity index (χ2v) is 11.5. The van der Waals surface area contributed by atoms with E-state index in [-0.39, 0.29) is 16.1 Å². The molecule has 2 atom stereocenters. The van der Waals surface area contributed by atoms with Gasteiger partial charge in [-0.25, -0.2) is 9.18 Å². The fraction of sp³-hybridized carbons (Fsp3) is 0.250. The van der Waals surface area contributed by atoms with Crippen molar-refractivity contribution in [3.63, 3.8) is 0 Å². The highest BCUT2D eigenvalue weighted by molar-refractivity contribution is 7.54. The van der Waals surface area contributed by atoms with Crippen LogP contribution in [-0.4, -0.2) is 29.9 Å². The summed E-state index contributed by atoms with van der Waals surface area (Å²) in [6.07, 6.45) is -4.64. The molecule has 0 aliphatic rings. The molecule has 1 heterocycles. The van der Waals surface area contributed by atoms with Gasteiger partial charge in [-0.15, -0.1) is 11.3 Å². The van der Waals surface area contributed by atoms with E-state index in [2.05, 4.69) is 10.1 Å². The molecule has 2 N–H and O–H groups in total. The van der Waals surface area contributed by atoms with Gasteiger partial charge in [-0.1, -0.05) is 11.6 Å². The predicted molar refractivity (Wildman–Crippen MR) is 137 cm³/mol. The Morgan fingerprint density at radius 3 is 2.59 bits per heavy atom. The topological polar surface area (TPSA) is 111 Å². The number of carbonyl (C=O) groups excluding carboxylic acids is 2. The molecule has 0 aliphatic carbocycles. The zero-order chi connectivity index (χ0) is 29.0. The van der Waals surface area contributed by atoms with E-state index in [0.717, 1.165) is 29.7 Å². The highest BCUT2D eigenvalue weighted by Gasteiger charge is 2.42. The number of ether oxygens (including phenoxy) is 2. The number of thiophene rings is 1. The highest BCUT2D eigenvalue weighted by Crippen LogP contribution is 2.58. The van der Waals surface area contributed by atoms with E-state index >= 15 is 0 Å². The molecule has 8 nitrogen and oxygen atoms in total. The Hall–Kier alpha value is -2.96. The van der Waals surface area contributed by atoms with E-state index in [0.29, 0.717) is 22.2 Å². The molecule has 0 spiro atoms. The largest absolute Gasteiger partial charge is 0.510 e. The van der Waals surface area contributed by atoms with E-state index in [1.54, 1.807) is 26.0 Å². The summed E-state index contributed by atoms with van der Waals surface area (Å²) in [6.45, 7) is 2.08. The van der Waals surface area contributed by atoms with Gasteiger partial charge in [0.2, 0.25) is 12.7 Å².